The van der Waals surface area contributed by atoms with Crippen molar-refractivity contribution in [3.63, 3.8) is 0 Å². The maximum Gasteiger partial charge on any atom is 0.339 e. The number of carbonyl (C=O) groups is 1. The first kappa shape index (κ1) is 17.5. The SMILES string of the molecule is Cc1ccc(OC(=O)/C=C(/Oc2ccc(C)cc2)c2ccccc2)cc1. The van der Waals surface area contributed by atoms with Gasteiger partial charge in [-0.1, -0.05) is 65.7 Å². The topological polar surface area (TPSA) is 35.5 Å². The van der Waals surface area contributed by atoms with E-state index < -0.39 is 5.97 Å². The van der Waals surface area contributed by atoms with E-state index in [1.807, 2.05) is 80.6 Å². The van der Waals surface area contributed by atoms with E-state index in [2.05, 4.69) is 0 Å². The molecule has 3 rings (SSSR count). The van der Waals surface area contributed by atoms with E-state index in [0.717, 1.165) is 16.7 Å². The molecule has 0 saturated heterocycles. The third kappa shape index (κ3) is 4.84. The molecule has 0 aromatic heterocycles. The van der Waals surface area contributed by atoms with E-state index in [4.69, 9.17) is 9.47 Å². The highest BCUT2D eigenvalue weighted by Crippen LogP contribution is 2.22. The zero-order chi connectivity index (χ0) is 18.4. The number of esters is 1. The molecule has 0 bridgehead atoms. The molecule has 3 nitrogen and oxygen atoms in total. The van der Waals surface area contributed by atoms with E-state index in [1.54, 1.807) is 12.1 Å². The Bertz CT molecular complexity index is 892. The van der Waals surface area contributed by atoms with Crippen LogP contribution in [0.25, 0.3) is 5.76 Å². The van der Waals surface area contributed by atoms with Gasteiger partial charge in [-0.3, -0.25) is 0 Å². The molecule has 3 heteroatoms. The molecule has 0 unspecified atom stereocenters. The number of rotatable bonds is 5. The predicted molar refractivity (Wildman–Crippen MR) is 103 cm³/mol. The highest BCUT2D eigenvalue weighted by molar-refractivity contribution is 5.91. The minimum absolute atomic E-state index is 0.437. The van der Waals surface area contributed by atoms with Gasteiger partial charge in [0.15, 0.2) is 0 Å². The van der Waals surface area contributed by atoms with Crippen LogP contribution >= 0.6 is 0 Å². The maximum atomic E-state index is 12.3. The fourth-order valence-electron chi connectivity index (χ4n) is 2.37. The Labute approximate surface area is 153 Å². The van der Waals surface area contributed by atoms with Gasteiger partial charge in [0.1, 0.15) is 17.3 Å². The van der Waals surface area contributed by atoms with Crippen LogP contribution in [0.1, 0.15) is 16.7 Å². The fraction of sp³-hybridized carbons (Fsp3) is 0.0870. The first-order chi connectivity index (χ1) is 12.6. The van der Waals surface area contributed by atoms with E-state index in [-0.39, 0.29) is 0 Å². The van der Waals surface area contributed by atoms with Crippen molar-refractivity contribution >= 4 is 11.7 Å². The second-order valence-corrected chi connectivity index (χ2v) is 6.02. The van der Waals surface area contributed by atoms with Crippen LogP contribution < -0.4 is 9.47 Å². The summed E-state index contributed by atoms with van der Waals surface area (Å²) in [6.07, 6.45) is 1.37. The van der Waals surface area contributed by atoms with Gasteiger partial charge in [0.25, 0.3) is 0 Å². The van der Waals surface area contributed by atoms with Gasteiger partial charge in [0.2, 0.25) is 0 Å². The van der Waals surface area contributed by atoms with E-state index >= 15 is 0 Å². The summed E-state index contributed by atoms with van der Waals surface area (Å²) in [4.78, 5) is 12.3. The molecule has 0 aliphatic carbocycles. The first-order valence-electron chi connectivity index (χ1n) is 8.40. The van der Waals surface area contributed by atoms with Crippen molar-refractivity contribution in [2.24, 2.45) is 0 Å². The Kier molecular flexibility index (Phi) is 5.49. The lowest BCUT2D eigenvalue weighted by Gasteiger charge is -2.11. The molecule has 26 heavy (non-hydrogen) atoms. The summed E-state index contributed by atoms with van der Waals surface area (Å²) in [5.74, 6) is 1.11. The molecule has 0 radical (unpaired) electrons. The smallest absolute Gasteiger partial charge is 0.339 e. The molecule has 0 fully saturated rings. The number of hydrogen-bond donors (Lipinski definition) is 0. The molecule has 0 saturated carbocycles. The number of aryl methyl sites for hydroxylation is 2. The van der Waals surface area contributed by atoms with Gasteiger partial charge in [-0.2, -0.15) is 0 Å². The first-order valence-corrected chi connectivity index (χ1v) is 8.40. The molecular weight excluding hydrogens is 324 g/mol. The zero-order valence-electron chi connectivity index (χ0n) is 14.8. The summed E-state index contributed by atoms with van der Waals surface area (Å²) in [6, 6.07) is 24.5. The van der Waals surface area contributed by atoms with Crippen molar-refractivity contribution in [3.8, 4) is 11.5 Å². The molecule has 0 aliphatic rings. The number of hydrogen-bond acceptors (Lipinski definition) is 3. The summed E-state index contributed by atoms with van der Waals surface area (Å²) in [6.45, 7) is 3.99. The summed E-state index contributed by atoms with van der Waals surface area (Å²) in [7, 11) is 0. The van der Waals surface area contributed by atoms with Crippen LogP contribution in [0.3, 0.4) is 0 Å². The van der Waals surface area contributed by atoms with Crippen LogP contribution in [-0.2, 0) is 4.79 Å². The molecule has 0 heterocycles. The molecule has 130 valence electrons. The molecule has 0 aliphatic heterocycles. The van der Waals surface area contributed by atoms with Crippen LogP contribution in [0.4, 0.5) is 0 Å². The Morgan fingerprint density at radius 1 is 0.692 bits per heavy atom. The molecule has 0 N–H and O–H groups in total. The van der Waals surface area contributed by atoms with Gasteiger partial charge in [0, 0.05) is 5.56 Å². The lowest BCUT2D eigenvalue weighted by atomic mass is 10.1. The van der Waals surface area contributed by atoms with Gasteiger partial charge < -0.3 is 9.47 Å². The van der Waals surface area contributed by atoms with Crippen molar-refractivity contribution in [2.75, 3.05) is 0 Å². The van der Waals surface area contributed by atoms with Crippen molar-refractivity contribution in [2.45, 2.75) is 13.8 Å². The molecule has 3 aromatic rings. The fourth-order valence-corrected chi connectivity index (χ4v) is 2.37. The van der Waals surface area contributed by atoms with Gasteiger partial charge in [-0.15, -0.1) is 0 Å². The minimum Gasteiger partial charge on any atom is -0.456 e. The zero-order valence-corrected chi connectivity index (χ0v) is 14.8. The number of carbonyl (C=O) groups excluding carboxylic acids is 1. The van der Waals surface area contributed by atoms with Gasteiger partial charge >= 0.3 is 5.97 Å². The number of benzene rings is 3. The average molecular weight is 344 g/mol. The molecule has 0 amide bonds. The Balaban J connectivity index is 1.84. The van der Waals surface area contributed by atoms with Crippen molar-refractivity contribution in [3.05, 3.63) is 102 Å². The van der Waals surface area contributed by atoms with Crippen LogP contribution in [0.15, 0.2) is 84.9 Å². The van der Waals surface area contributed by atoms with Crippen molar-refractivity contribution < 1.29 is 14.3 Å². The summed E-state index contributed by atoms with van der Waals surface area (Å²) in [5.41, 5.74) is 3.04. The third-order valence-electron chi connectivity index (χ3n) is 3.80. The normalized spacial score (nSPS) is 11.1. The monoisotopic (exact) mass is 344 g/mol. The predicted octanol–water partition coefficient (Wildman–Crippen LogP) is 5.33. The lowest BCUT2D eigenvalue weighted by molar-refractivity contribution is -0.129. The Morgan fingerprint density at radius 3 is 1.73 bits per heavy atom. The highest BCUT2D eigenvalue weighted by atomic mass is 16.5. The van der Waals surface area contributed by atoms with Crippen LogP contribution in [-0.4, -0.2) is 5.97 Å². The minimum atomic E-state index is -0.486. The van der Waals surface area contributed by atoms with Gasteiger partial charge in [-0.25, -0.2) is 4.79 Å². The van der Waals surface area contributed by atoms with E-state index in [9.17, 15) is 4.79 Å². The van der Waals surface area contributed by atoms with E-state index in [1.165, 1.54) is 6.08 Å². The van der Waals surface area contributed by atoms with Crippen molar-refractivity contribution in [1.29, 1.82) is 0 Å². The largest absolute Gasteiger partial charge is 0.456 e. The van der Waals surface area contributed by atoms with Crippen LogP contribution in [0, 0.1) is 13.8 Å². The summed E-state index contributed by atoms with van der Waals surface area (Å²) >= 11 is 0. The standard InChI is InChI=1S/C23H20O3/c1-17-8-12-20(13-9-17)25-22(19-6-4-3-5-7-19)16-23(24)26-21-14-10-18(2)11-15-21/h3-16H,1-2H3/b22-16+. The van der Waals surface area contributed by atoms with Crippen LogP contribution in [0.2, 0.25) is 0 Å². The molecular formula is C23H20O3. The Hall–Kier alpha value is -3.33. The van der Waals surface area contributed by atoms with Gasteiger partial charge in [-0.05, 0) is 38.1 Å². The van der Waals surface area contributed by atoms with Gasteiger partial charge in [0.05, 0.1) is 6.08 Å². The number of ether oxygens (including phenoxy) is 2. The van der Waals surface area contributed by atoms with Crippen molar-refractivity contribution in [1.82, 2.24) is 0 Å². The summed E-state index contributed by atoms with van der Waals surface area (Å²) in [5, 5.41) is 0. The third-order valence-corrected chi connectivity index (χ3v) is 3.80. The summed E-state index contributed by atoms with van der Waals surface area (Å²) < 4.78 is 11.3. The van der Waals surface area contributed by atoms with Crippen LogP contribution in [0.5, 0.6) is 11.5 Å². The second kappa shape index (κ2) is 8.17. The molecule has 0 atom stereocenters. The molecule has 3 aromatic carbocycles. The molecule has 0 spiro atoms. The van der Waals surface area contributed by atoms with E-state index in [0.29, 0.717) is 17.3 Å². The second-order valence-electron chi connectivity index (χ2n) is 6.02. The lowest BCUT2D eigenvalue weighted by Crippen LogP contribution is -2.07. The maximum absolute atomic E-state index is 12.3. The highest BCUT2D eigenvalue weighted by Gasteiger charge is 2.10. The quantitative estimate of drug-likeness (QED) is 0.272. The average Bonchev–Trinajstić information content (AvgIpc) is 2.65. The Morgan fingerprint density at radius 2 is 1.19 bits per heavy atom.